The first-order valence-corrected chi connectivity index (χ1v) is 7.18. The van der Waals surface area contributed by atoms with Crippen LogP contribution in [-0.4, -0.2) is 51.0 Å². The van der Waals surface area contributed by atoms with Crippen molar-refractivity contribution in [1.29, 1.82) is 0 Å². The van der Waals surface area contributed by atoms with Crippen LogP contribution in [0.5, 0.6) is 0 Å². The van der Waals surface area contributed by atoms with Gasteiger partial charge in [-0.15, -0.1) is 0 Å². The van der Waals surface area contributed by atoms with Crippen molar-refractivity contribution in [1.82, 2.24) is 19.7 Å². The maximum atomic E-state index is 11.5. The Labute approximate surface area is 140 Å². The molecule has 0 radical (unpaired) electrons. The zero-order chi connectivity index (χ0) is 17.6. The van der Waals surface area contributed by atoms with Gasteiger partial charge in [0.15, 0.2) is 10.8 Å². The molecular formula is C12H14Cl2F2N4O3. The predicted octanol–water partition coefficient (Wildman–Crippen LogP) is 2.57. The number of halogens is 4. The van der Waals surface area contributed by atoms with E-state index in [2.05, 4.69) is 19.8 Å². The zero-order valence-electron chi connectivity index (χ0n) is 12.3. The summed E-state index contributed by atoms with van der Waals surface area (Å²) in [5.41, 5.74) is 0.846. The quantitative estimate of drug-likeness (QED) is 0.505. The summed E-state index contributed by atoms with van der Waals surface area (Å²) in [6.45, 7) is 1.97. The molecule has 7 nitrogen and oxygen atoms in total. The molecule has 0 aromatic carbocycles. The summed E-state index contributed by atoms with van der Waals surface area (Å²) in [7, 11) is 1.27. The summed E-state index contributed by atoms with van der Waals surface area (Å²) in [4.78, 5) is 19.3. The molecule has 0 aliphatic heterocycles. The lowest BCUT2D eigenvalue weighted by Gasteiger charge is -1.99. The molecule has 0 amide bonds. The van der Waals surface area contributed by atoms with Crippen LogP contribution in [-0.2, 0) is 11.3 Å². The van der Waals surface area contributed by atoms with Gasteiger partial charge in [-0.3, -0.25) is 4.68 Å². The van der Waals surface area contributed by atoms with Crippen LogP contribution in [0, 0.1) is 0 Å². The van der Waals surface area contributed by atoms with Crippen LogP contribution < -0.4 is 0 Å². The number of aryl methyl sites for hydroxylation is 1. The number of carbonyl (C=O) groups is 1. The Hall–Kier alpha value is -1.58. The molecular weight excluding hydrogens is 357 g/mol. The molecule has 0 aliphatic rings. The van der Waals surface area contributed by atoms with Crippen LogP contribution in [0.2, 0.25) is 10.4 Å². The van der Waals surface area contributed by atoms with Crippen LogP contribution in [0.3, 0.4) is 0 Å². The lowest BCUT2D eigenvalue weighted by atomic mass is 10.3. The Morgan fingerprint density at radius 3 is 2.48 bits per heavy atom. The highest BCUT2D eigenvalue weighted by Gasteiger charge is 2.22. The summed E-state index contributed by atoms with van der Waals surface area (Å²) in [6, 6.07) is 0. The van der Waals surface area contributed by atoms with Gasteiger partial charge in [0.1, 0.15) is 11.0 Å². The van der Waals surface area contributed by atoms with E-state index in [1.54, 1.807) is 0 Å². The van der Waals surface area contributed by atoms with Crippen LogP contribution >= 0.6 is 23.2 Å². The molecule has 0 unspecified atom stereocenters. The second kappa shape index (κ2) is 8.90. The minimum absolute atomic E-state index is 0.0386. The molecule has 0 saturated heterocycles. The van der Waals surface area contributed by atoms with Gasteiger partial charge in [0, 0.05) is 19.6 Å². The van der Waals surface area contributed by atoms with E-state index in [-0.39, 0.29) is 16.1 Å². The topological polar surface area (TPSA) is 90.1 Å². The molecule has 23 heavy (non-hydrogen) atoms. The number of aliphatic hydroxyl groups excluding tert-OH is 1. The van der Waals surface area contributed by atoms with Crippen molar-refractivity contribution in [2.75, 3.05) is 13.7 Å². The number of nitrogens with zero attached hydrogens (tertiary/aromatic N) is 4. The molecule has 0 spiro atoms. The highest BCUT2D eigenvalue weighted by molar-refractivity contribution is 6.35. The summed E-state index contributed by atoms with van der Waals surface area (Å²) in [6.07, 6.45) is -2.75. The molecule has 0 fully saturated rings. The lowest BCUT2D eigenvalue weighted by Crippen LogP contribution is -2.04. The zero-order valence-corrected chi connectivity index (χ0v) is 13.8. The summed E-state index contributed by atoms with van der Waals surface area (Å²) < 4.78 is 27.9. The van der Waals surface area contributed by atoms with Crippen LogP contribution in [0.1, 0.15) is 23.8 Å². The lowest BCUT2D eigenvalue weighted by molar-refractivity contribution is 0.0594. The van der Waals surface area contributed by atoms with Crippen molar-refractivity contribution in [3.63, 3.8) is 0 Å². The standard InChI is InChI=1S/C9H8Cl2N4O2.C3H6F2O/c1-3-15-6-4(5(14-15)8(16)17-2)12-9(11)13-7(6)10;4-3(5)1-2-6/h3H2,1-2H3;3,6H,1-2H2. The van der Waals surface area contributed by atoms with Gasteiger partial charge >= 0.3 is 5.97 Å². The second-order valence-corrected chi connectivity index (χ2v) is 4.74. The van der Waals surface area contributed by atoms with Gasteiger partial charge in [-0.25, -0.2) is 23.5 Å². The maximum Gasteiger partial charge on any atom is 0.360 e. The molecule has 0 atom stereocenters. The van der Waals surface area contributed by atoms with Crippen molar-refractivity contribution in [3.05, 3.63) is 16.1 Å². The monoisotopic (exact) mass is 370 g/mol. The van der Waals surface area contributed by atoms with Crippen molar-refractivity contribution in [2.24, 2.45) is 0 Å². The van der Waals surface area contributed by atoms with E-state index in [9.17, 15) is 13.6 Å². The van der Waals surface area contributed by atoms with E-state index in [4.69, 9.17) is 28.3 Å². The first-order valence-electron chi connectivity index (χ1n) is 6.42. The van der Waals surface area contributed by atoms with E-state index in [0.29, 0.717) is 17.6 Å². The number of aromatic nitrogens is 4. The second-order valence-electron chi connectivity index (χ2n) is 4.04. The number of methoxy groups -OCH3 is 1. The van der Waals surface area contributed by atoms with E-state index in [1.165, 1.54) is 11.8 Å². The highest BCUT2D eigenvalue weighted by atomic mass is 35.5. The fourth-order valence-corrected chi connectivity index (χ4v) is 2.05. The maximum absolute atomic E-state index is 11.5. The SMILES string of the molecule is CCn1nc(C(=O)OC)c2nc(Cl)nc(Cl)c21.OCCC(F)F. The van der Waals surface area contributed by atoms with Gasteiger partial charge in [0.05, 0.1) is 7.11 Å². The number of hydrogen-bond donors (Lipinski definition) is 1. The predicted molar refractivity (Wildman–Crippen MR) is 80.1 cm³/mol. The molecule has 2 aromatic rings. The smallest absolute Gasteiger partial charge is 0.360 e. The number of hydrogen-bond acceptors (Lipinski definition) is 6. The molecule has 0 bridgehead atoms. The van der Waals surface area contributed by atoms with E-state index >= 15 is 0 Å². The molecule has 11 heteroatoms. The first-order chi connectivity index (χ1) is 10.8. The minimum atomic E-state index is -2.35. The van der Waals surface area contributed by atoms with Crippen molar-refractivity contribution >= 4 is 40.2 Å². The number of ether oxygens (including phenoxy) is 1. The van der Waals surface area contributed by atoms with Gasteiger partial charge in [-0.1, -0.05) is 11.6 Å². The fraction of sp³-hybridized carbons (Fsp3) is 0.500. The summed E-state index contributed by atoms with van der Waals surface area (Å²) >= 11 is 11.7. The molecule has 2 rings (SSSR count). The normalized spacial score (nSPS) is 10.6. The highest BCUT2D eigenvalue weighted by Crippen LogP contribution is 2.25. The minimum Gasteiger partial charge on any atom is -0.464 e. The van der Waals surface area contributed by atoms with Gasteiger partial charge in [-0.05, 0) is 18.5 Å². The third-order valence-electron chi connectivity index (χ3n) is 2.54. The van der Waals surface area contributed by atoms with E-state index in [0.717, 1.165) is 0 Å². The Kier molecular flexibility index (Phi) is 7.53. The average molecular weight is 371 g/mol. The molecule has 1 N–H and O–H groups in total. The van der Waals surface area contributed by atoms with Crippen LogP contribution in [0.15, 0.2) is 0 Å². The van der Waals surface area contributed by atoms with Crippen LogP contribution in [0.25, 0.3) is 11.0 Å². The van der Waals surface area contributed by atoms with Gasteiger partial charge in [-0.2, -0.15) is 5.10 Å². The summed E-state index contributed by atoms with van der Waals surface area (Å²) in [5, 5.41) is 12.0. The Morgan fingerprint density at radius 2 is 2.04 bits per heavy atom. The fourth-order valence-electron chi connectivity index (χ4n) is 1.57. The Balaban J connectivity index is 0.000000379. The number of fused-ring (bicyclic) bond motifs is 1. The first kappa shape index (κ1) is 19.5. The van der Waals surface area contributed by atoms with Crippen LogP contribution in [0.4, 0.5) is 8.78 Å². The molecule has 128 valence electrons. The van der Waals surface area contributed by atoms with Crippen molar-refractivity contribution in [2.45, 2.75) is 26.3 Å². The number of esters is 1. The van der Waals surface area contributed by atoms with Gasteiger partial charge < -0.3 is 9.84 Å². The Bertz CT molecular complexity index is 682. The number of rotatable bonds is 4. The van der Waals surface area contributed by atoms with Gasteiger partial charge in [0.2, 0.25) is 11.7 Å². The summed E-state index contributed by atoms with van der Waals surface area (Å²) in [5.74, 6) is -0.590. The van der Waals surface area contributed by atoms with Gasteiger partial charge in [0.25, 0.3) is 0 Å². The van der Waals surface area contributed by atoms with Crippen molar-refractivity contribution in [3.8, 4) is 0 Å². The van der Waals surface area contributed by atoms with Crippen molar-refractivity contribution < 1.29 is 23.4 Å². The molecule has 2 heterocycles. The average Bonchev–Trinajstić information content (AvgIpc) is 2.85. The number of aliphatic hydroxyl groups is 1. The van der Waals surface area contributed by atoms with E-state index in [1.807, 2.05) is 6.92 Å². The third kappa shape index (κ3) is 4.95. The molecule has 2 aromatic heterocycles. The third-order valence-corrected chi connectivity index (χ3v) is 2.98. The largest absolute Gasteiger partial charge is 0.464 e. The molecule has 0 saturated carbocycles. The Morgan fingerprint density at radius 1 is 1.39 bits per heavy atom. The molecule has 0 aliphatic carbocycles. The number of alkyl halides is 2. The van der Waals surface area contributed by atoms with E-state index < -0.39 is 25.4 Å². The number of carbonyl (C=O) groups excluding carboxylic acids is 1.